The maximum absolute atomic E-state index is 11.7. The van der Waals surface area contributed by atoms with Gasteiger partial charge in [0.15, 0.2) is 5.78 Å². The summed E-state index contributed by atoms with van der Waals surface area (Å²) in [6.45, 7) is 1.35. The SMILES string of the molecule is CC(=O)O[C@H]1C=CC(=O)[C@@H]1c1ccccc1. The molecule has 0 radical (unpaired) electrons. The third-order valence-electron chi connectivity index (χ3n) is 2.55. The Balaban J connectivity index is 2.25. The van der Waals surface area contributed by atoms with Gasteiger partial charge in [0.1, 0.15) is 6.10 Å². The zero-order valence-corrected chi connectivity index (χ0v) is 8.92. The highest BCUT2D eigenvalue weighted by molar-refractivity contribution is 5.99. The molecule has 0 saturated carbocycles. The van der Waals surface area contributed by atoms with Gasteiger partial charge in [-0.25, -0.2) is 0 Å². The van der Waals surface area contributed by atoms with Gasteiger partial charge in [-0.2, -0.15) is 0 Å². The Morgan fingerprint density at radius 1 is 1.25 bits per heavy atom. The van der Waals surface area contributed by atoms with Crippen LogP contribution in [0.25, 0.3) is 0 Å². The predicted molar refractivity (Wildman–Crippen MR) is 58.9 cm³/mol. The molecule has 1 aromatic rings. The second kappa shape index (κ2) is 4.31. The average Bonchev–Trinajstić information content (AvgIpc) is 2.60. The summed E-state index contributed by atoms with van der Waals surface area (Å²) in [5.41, 5.74) is 0.878. The highest BCUT2D eigenvalue weighted by Crippen LogP contribution is 2.29. The van der Waals surface area contributed by atoms with Gasteiger partial charge in [-0.1, -0.05) is 30.3 Å². The number of esters is 1. The van der Waals surface area contributed by atoms with Crippen molar-refractivity contribution in [1.82, 2.24) is 0 Å². The van der Waals surface area contributed by atoms with Gasteiger partial charge < -0.3 is 4.74 Å². The fourth-order valence-corrected chi connectivity index (χ4v) is 1.88. The maximum Gasteiger partial charge on any atom is 0.303 e. The number of ketones is 1. The number of ether oxygens (including phenoxy) is 1. The molecule has 82 valence electrons. The van der Waals surface area contributed by atoms with E-state index in [4.69, 9.17) is 4.74 Å². The van der Waals surface area contributed by atoms with Crippen molar-refractivity contribution < 1.29 is 14.3 Å². The van der Waals surface area contributed by atoms with Crippen molar-refractivity contribution in [2.45, 2.75) is 18.9 Å². The van der Waals surface area contributed by atoms with Crippen LogP contribution in [0.15, 0.2) is 42.5 Å². The van der Waals surface area contributed by atoms with E-state index in [0.717, 1.165) is 5.56 Å². The molecule has 0 fully saturated rings. The first-order valence-electron chi connectivity index (χ1n) is 5.12. The van der Waals surface area contributed by atoms with Gasteiger partial charge in [-0.05, 0) is 17.7 Å². The number of carbonyl (C=O) groups is 2. The minimum Gasteiger partial charge on any atom is -0.457 e. The molecule has 2 atom stereocenters. The molecule has 0 aromatic heterocycles. The van der Waals surface area contributed by atoms with E-state index in [2.05, 4.69) is 0 Å². The molecule has 0 saturated heterocycles. The Morgan fingerprint density at radius 3 is 2.56 bits per heavy atom. The summed E-state index contributed by atoms with van der Waals surface area (Å²) in [5, 5.41) is 0. The summed E-state index contributed by atoms with van der Waals surface area (Å²) in [5.74, 6) is -0.771. The highest BCUT2D eigenvalue weighted by Gasteiger charge is 2.33. The molecule has 0 spiro atoms. The van der Waals surface area contributed by atoms with Crippen LogP contribution in [0.2, 0.25) is 0 Å². The topological polar surface area (TPSA) is 43.4 Å². The van der Waals surface area contributed by atoms with Crippen molar-refractivity contribution in [2.24, 2.45) is 0 Å². The summed E-state index contributed by atoms with van der Waals surface area (Å²) < 4.78 is 5.10. The van der Waals surface area contributed by atoms with E-state index in [-0.39, 0.29) is 17.7 Å². The van der Waals surface area contributed by atoms with Crippen LogP contribution in [0.4, 0.5) is 0 Å². The van der Waals surface area contributed by atoms with Crippen molar-refractivity contribution in [3.63, 3.8) is 0 Å². The second-order valence-corrected chi connectivity index (χ2v) is 3.72. The first kappa shape index (κ1) is 10.6. The lowest BCUT2D eigenvalue weighted by Crippen LogP contribution is -2.23. The van der Waals surface area contributed by atoms with E-state index in [9.17, 15) is 9.59 Å². The van der Waals surface area contributed by atoms with Crippen molar-refractivity contribution in [2.75, 3.05) is 0 Å². The third kappa shape index (κ3) is 2.03. The summed E-state index contributed by atoms with van der Waals surface area (Å²) in [6.07, 6.45) is 2.65. The zero-order chi connectivity index (χ0) is 11.5. The lowest BCUT2D eigenvalue weighted by atomic mass is 9.94. The maximum atomic E-state index is 11.7. The predicted octanol–water partition coefficient (Wildman–Crippen LogP) is 1.84. The van der Waals surface area contributed by atoms with Gasteiger partial charge in [0, 0.05) is 6.92 Å². The molecule has 0 amide bonds. The van der Waals surface area contributed by atoms with Gasteiger partial charge in [0.2, 0.25) is 0 Å². The summed E-state index contributed by atoms with van der Waals surface area (Å²) in [4.78, 5) is 22.6. The monoisotopic (exact) mass is 216 g/mol. The number of hydrogen-bond donors (Lipinski definition) is 0. The van der Waals surface area contributed by atoms with Gasteiger partial charge in [-0.3, -0.25) is 9.59 Å². The highest BCUT2D eigenvalue weighted by atomic mass is 16.5. The minimum absolute atomic E-state index is 0.0162. The number of benzene rings is 1. The molecule has 0 unspecified atom stereocenters. The van der Waals surface area contributed by atoms with Crippen LogP contribution in [0.5, 0.6) is 0 Å². The number of carbonyl (C=O) groups excluding carboxylic acids is 2. The standard InChI is InChI=1S/C13H12O3/c1-9(14)16-12-8-7-11(15)13(12)10-5-3-2-4-6-10/h2-8,12-13H,1H3/t12-,13-/m0/s1. The van der Waals surface area contributed by atoms with Gasteiger partial charge in [0.05, 0.1) is 5.92 Å². The fourth-order valence-electron chi connectivity index (χ4n) is 1.88. The molecular weight excluding hydrogens is 204 g/mol. The molecule has 0 bridgehead atoms. The Labute approximate surface area is 93.7 Å². The first-order chi connectivity index (χ1) is 7.68. The largest absolute Gasteiger partial charge is 0.457 e. The minimum atomic E-state index is -0.465. The van der Waals surface area contributed by atoms with Gasteiger partial charge >= 0.3 is 5.97 Å². The number of rotatable bonds is 2. The molecule has 0 N–H and O–H groups in total. The molecule has 3 heteroatoms. The molecule has 16 heavy (non-hydrogen) atoms. The summed E-state index contributed by atoms with van der Waals surface area (Å²) in [7, 11) is 0. The molecule has 1 aliphatic rings. The van der Waals surface area contributed by atoms with Gasteiger partial charge in [-0.15, -0.1) is 0 Å². The summed E-state index contributed by atoms with van der Waals surface area (Å²) >= 11 is 0. The van der Waals surface area contributed by atoms with E-state index in [1.165, 1.54) is 13.0 Å². The Morgan fingerprint density at radius 2 is 1.94 bits per heavy atom. The third-order valence-corrected chi connectivity index (χ3v) is 2.55. The molecule has 2 rings (SSSR count). The number of hydrogen-bond acceptors (Lipinski definition) is 3. The first-order valence-corrected chi connectivity index (χ1v) is 5.12. The summed E-state index contributed by atoms with van der Waals surface area (Å²) in [6, 6.07) is 9.35. The van der Waals surface area contributed by atoms with Crippen LogP contribution >= 0.6 is 0 Å². The Bertz CT molecular complexity index is 434. The lowest BCUT2D eigenvalue weighted by molar-refractivity contribution is -0.145. The van der Waals surface area contributed by atoms with Crippen LogP contribution in [0.1, 0.15) is 18.4 Å². The zero-order valence-electron chi connectivity index (χ0n) is 8.92. The van der Waals surface area contributed by atoms with Crippen molar-refractivity contribution >= 4 is 11.8 Å². The quantitative estimate of drug-likeness (QED) is 0.708. The van der Waals surface area contributed by atoms with Crippen molar-refractivity contribution in [3.05, 3.63) is 48.0 Å². The lowest BCUT2D eigenvalue weighted by Gasteiger charge is -2.18. The van der Waals surface area contributed by atoms with Crippen LogP contribution in [-0.4, -0.2) is 17.9 Å². The van der Waals surface area contributed by atoms with E-state index < -0.39 is 6.10 Å². The normalized spacial score (nSPS) is 23.4. The Kier molecular flexibility index (Phi) is 2.86. The van der Waals surface area contributed by atoms with Crippen LogP contribution in [0.3, 0.4) is 0 Å². The smallest absolute Gasteiger partial charge is 0.303 e. The van der Waals surface area contributed by atoms with E-state index in [1.54, 1.807) is 6.08 Å². The molecular formula is C13H12O3. The van der Waals surface area contributed by atoms with Crippen molar-refractivity contribution in [1.29, 1.82) is 0 Å². The fraction of sp³-hybridized carbons (Fsp3) is 0.231. The molecule has 1 aliphatic carbocycles. The van der Waals surface area contributed by atoms with Crippen molar-refractivity contribution in [3.8, 4) is 0 Å². The van der Waals surface area contributed by atoms with Crippen LogP contribution < -0.4 is 0 Å². The molecule has 0 aliphatic heterocycles. The average molecular weight is 216 g/mol. The van der Waals surface area contributed by atoms with Crippen LogP contribution in [0, 0.1) is 0 Å². The second-order valence-electron chi connectivity index (χ2n) is 3.72. The number of allylic oxidation sites excluding steroid dienone is 1. The van der Waals surface area contributed by atoms with E-state index in [1.807, 2.05) is 30.3 Å². The Hall–Kier alpha value is -1.90. The van der Waals surface area contributed by atoms with Gasteiger partial charge in [0.25, 0.3) is 0 Å². The molecule has 3 nitrogen and oxygen atoms in total. The van der Waals surface area contributed by atoms with E-state index >= 15 is 0 Å². The molecule has 1 aromatic carbocycles. The molecule has 0 heterocycles. The van der Waals surface area contributed by atoms with E-state index in [0.29, 0.717) is 0 Å². The van der Waals surface area contributed by atoms with Crippen LogP contribution in [-0.2, 0) is 14.3 Å².